The van der Waals surface area contributed by atoms with Gasteiger partial charge >= 0.3 is 0 Å². The number of hydrogen-bond donors (Lipinski definition) is 2. The van der Waals surface area contributed by atoms with Crippen molar-refractivity contribution in [2.45, 2.75) is 52.6 Å². The Kier molecular flexibility index (Phi) is 5.99. The molecule has 32 heavy (non-hydrogen) atoms. The average molecular weight is 439 g/mol. The van der Waals surface area contributed by atoms with Crippen LogP contribution >= 0.6 is 0 Å². The number of aromatic nitrogens is 3. The van der Waals surface area contributed by atoms with Crippen LogP contribution in [0.4, 0.5) is 17.5 Å². The highest BCUT2D eigenvalue weighted by Gasteiger charge is 2.36. The maximum Gasteiger partial charge on any atom is 0.247 e. The Morgan fingerprint density at radius 3 is 2.69 bits per heavy atom. The SMILES string of the molecule is CC(=O)c1ccc(OC[C@H]2C[C@@H](Nc3nc(C)c4c(n3)N(C)[C@@H](C(C)C)C(=O)N4)C2)cn1. The molecule has 1 aliphatic carbocycles. The number of nitrogens with one attached hydrogen (secondary N) is 2. The van der Waals surface area contributed by atoms with E-state index in [2.05, 4.69) is 20.6 Å². The van der Waals surface area contributed by atoms with Crippen molar-refractivity contribution < 1.29 is 14.3 Å². The van der Waals surface area contributed by atoms with Crippen LogP contribution in [0.15, 0.2) is 18.3 Å². The van der Waals surface area contributed by atoms with Gasteiger partial charge in [-0.15, -0.1) is 0 Å². The molecule has 1 atom stereocenters. The minimum atomic E-state index is -0.256. The smallest absolute Gasteiger partial charge is 0.247 e. The molecule has 9 heteroatoms. The number of ether oxygens (including phenoxy) is 1. The van der Waals surface area contributed by atoms with Gasteiger partial charge in [-0.25, -0.2) is 9.97 Å². The summed E-state index contributed by atoms with van der Waals surface area (Å²) in [6, 6.07) is 3.49. The average Bonchev–Trinajstić information content (AvgIpc) is 2.70. The van der Waals surface area contributed by atoms with Gasteiger partial charge in [0.15, 0.2) is 11.6 Å². The number of carbonyl (C=O) groups is 2. The molecule has 2 aliphatic rings. The molecule has 1 fully saturated rings. The molecule has 1 amide bonds. The second-order valence-corrected chi connectivity index (χ2v) is 9.05. The number of fused-ring (bicyclic) bond motifs is 1. The molecule has 4 rings (SSSR count). The fourth-order valence-electron chi connectivity index (χ4n) is 4.34. The zero-order valence-electron chi connectivity index (χ0n) is 19.2. The van der Waals surface area contributed by atoms with Crippen LogP contribution in [0.5, 0.6) is 5.75 Å². The molecule has 0 radical (unpaired) electrons. The standard InChI is InChI=1S/C23H30N6O3/c1-12(2)20-22(31)27-19-13(3)25-23(28-21(19)29(20)5)26-16-8-15(9-16)11-32-17-6-7-18(14(4)30)24-10-17/h6-7,10,12,15-16,20H,8-9,11H2,1-5H3,(H,27,31)(H,25,26,28)/t15-,16+,20-/m0/s1. The largest absolute Gasteiger partial charge is 0.492 e. The van der Waals surface area contributed by atoms with Crippen LogP contribution in [0, 0.1) is 18.8 Å². The number of hydrogen-bond acceptors (Lipinski definition) is 8. The first kappa shape index (κ1) is 22.0. The third-order valence-corrected chi connectivity index (χ3v) is 6.12. The molecule has 0 bridgehead atoms. The molecule has 0 unspecified atom stereocenters. The predicted molar refractivity (Wildman–Crippen MR) is 122 cm³/mol. The van der Waals surface area contributed by atoms with E-state index in [4.69, 9.17) is 9.72 Å². The number of anilines is 3. The molecule has 3 heterocycles. The Labute approximate surface area is 188 Å². The Hall–Kier alpha value is -3.23. The summed E-state index contributed by atoms with van der Waals surface area (Å²) >= 11 is 0. The normalized spacial score (nSPS) is 22.1. The predicted octanol–water partition coefficient (Wildman–Crippen LogP) is 3.07. The highest BCUT2D eigenvalue weighted by molar-refractivity contribution is 6.03. The fraction of sp³-hybridized carbons (Fsp3) is 0.522. The monoisotopic (exact) mass is 438 g/mol. The van der Waals surface area contributed by atoms with E-state index < -0.39 is 0 Å². The summed E-state index contributed by atoms with van der Waals surface area (Å²) in [6.45, 7) is 8.05. The summed E-state index contributed by atoms with van der Waals surface area (Å²) in [5.41, 5.74) is 1.88. The Morgan fingerprint density at radius 1 is 1.31 bits per heavy atom. The van der Waals surface area contributed by atoms with Gasteiger partial charge in [-0.2, -0.15) is 4.98 Å². The van der Waals surface area contributed by atoms with Gasteiger partial charge in [0, 0.05) is 20.0 Å². The van der Waals surface area contributed by atoms with Gasteiger partial charge in [-0.05, 0) is 43.7 Å². The van der Waals surface area contributed by atoms with Crippen molar-refractivity contribution in [3.63, 3.8) is 0 Å². The summed E-state index contributed by atoms with van der Waals surface area (Å²) < 4.78 is 5.82. The summed E-state index contributed by atoms with van der Waals surface area (Å²) in [7, 11) is 1.91. The lowest BCUT2D eigenvalue weighted by Crippen LogP contribution is -2.50. The molecular formula is C23H30N6O3. The number of ketones is 1. The summed E-state index contributed by atoms with van der Waals surface area (Å²) in [5.74, 6) is 2.53. The molecular weight excluding hydrogens is 408 g/mol. The van der Waals surface area contributed by atoms with E-state index in [-0.39, 0.29) is 29.7 Å². The lowest BCUT2D eigenvalue weighted by Gasteiger charge is -2.38. The molecule has 1 aliphatic heterocycles. The number of Topliss-reactive ketones (excluding diaryl/α,β-unsaturated/α-hetero) is 1. The van der Waals surface area contributed by atoms with Crippen LogP contribution in [-0.2, 0) is 4.79 Å². The van der Waals surface area contributed by atoms with Gasteiger partial charge in [-0.1, -0.05) is 13.8 Å². The van der Waals surface area contributed by atoms with Gasteiger partial charge in [0.1, 0.15) is 23.2 Å². The number of amides is 1. The number of likely N-dealkylation sites (N-methyl/N-ethyl adjacent to an activating group) is 1. The first-order chi connectivity index (χ1) is 15.2. The van der Waals surface area contributed by atoms with E-state index in [9.17, 15) is 9.59 Å². The van der Waals surface area contributed by atoms with Crippen molar-refractivity contribution >= 4 is 29.1 Å². The van der Waals surface area contributed by atoms with Crippen LogP contribution in [0.25, 0.3) is 0 Å². The third kappa shape index (κ3) is 4.37. The summed E-state index contributed by atoms with van der Waals surface area (Å²) in [5, 5.41) is 6.40. The maximum atomic E-state index is 12.5. The van der Waals surface area contributed by atoms with Crippen molar-refractivity contribution in [3.8, 4) is 5.75 Å². The molecule has 0 aromatic carbocycles. The van der Waals surface area contributed by atoms with Crippen LogP contribution in [0.2, 0.25) is 0 Å². The molecule has 2 N–H and O–H groups in total. The molecule has 0 spiro atoms. The molecule has 170 valence electrons. The van der Waals surface area contributed by atoms with E-state index in [1.807, 2.05) is 32.7 Å². The van der Waals surface area contributed by atoms with Gasteiger partial charge in [-0.3, -0.25) is 9.59 Å². The topological polar surface area (TPSA) is 109 Å². The number of rotatable bonds is 7. The van der Waals surface area contributed by atoms with Crippen molar-refractivity contribution in [1.82, 2.24) is 15.0 Å². The van der Waals surface area contributed by atoms with Crippen molar-refractivity contribution in [1.29, 1.82) is 0 Å². The minimum Gasteiger partial charge on any atom is -0.492 e. The number of pyridine rings is 1. The van der Waals surface area contributed by atoms with Crippen molar-refractivity contribution in [3.05, 3.63) is 29.7 Å². The Bertz CT molecular complexity index is 1020. The Balaban J connectivity index is 1.33. The number of nitrogens with zero attached hydrogens (tertiary/aromatic N) is 4. The summed E-state index contributed by atoms with van der Waals surface area (Å²) in [4.78, 5) is 39.1. The molecule has 2 aromatic heterocycles. The third-order valence-electron chi connectivity index (χ3n) is 6.12. The highest BCUT2D eigenvalue weighted by atomic mass is 16.5. The number of carbonyl (C=O) groups excluding carboxylic acids is 2. The number of aryl methyl sites for hydroxylation is 1. The van der Waals surface area contributed by atoms with Crippen LogP contribution in [-0.4, -0.2) is 52.4 Å². The quantitative estimate of drug-likeness (QED) is 0.635. The molecule has 1 saturated carbocycles. The Morgan fingerprint density at radius 2 is 2.06 bits per heavy atom. The van der Waals surface area contributed by atoms with Crippen molar-refractivity contribution in [2.75, 3.05) is 29.2 Å². The van der Waals surface area contributed by atoms with E-state index in [0.29, 0.717) is 35.6 Å². The lowest BCUT2D eigenvalue weighted by atomic mass is 9.81. The van der Waals surface area contributed by atoms with Gasteiger partial charge in [0.05, 0.1) is 18.5 Å². The first-order valence-corrected chi connectivity index (χ1v) is 11.0. The fourth-order valence-corrected chi connectivity index (χ4v) is 4.34. The van der Waals surface area contributed by atoms with Crippen LogP contribution in [0.1, 0.15) is 49.8 Å². The van der Waals surface area contributed by atoms with E-state index in [0.717, 1.165) is 24.4 Å². The molecule has 2 aromatic rings. The second-order valence-electron chi connectivity index (χ2n) is 9.05. The summed E-state index contributed by atoms with van der Waals surface area (Å²) in [6.07, 6.45) is 3.51. The van der Waals surface area contributed by atoms with E-state index in [1.165, 1.54) is 6.92 Å². The second kappa shape index (κ2) is 8.72. The lowest BCUT2D eigenvalue weighted by molar-refractivity contribution is -0.118. The minimum absolute atomic E-state index is 0.0182. The highest BCUT2D eigenvalue weighted by Crippen LogP contribution is 2.35. The van der Waals surface area contributed by atoms with E-state index >= 15 is 0 Å². The maximum absolute atomic E-state index is 12.5. The van der Waals surface area contributed by atoms with Crippen LogP contribution < -0.4 is 20.3 Å². The van der Waals surface area contributed by atoms with Crippen molar-refractivity contribution in [2.24, 2.45) is 11.8 Å². The zero-order chi connectivity index (χ0) is 23.0. The van der Waals surface area contributed by atoms with Gasteiger partial charge < -0.3 is 20.3 Å². The van der Waals surface area contributed by atoms with E-state index in [1.54, 1.807) is 18.3 Å². The van der Waals surface area contributed by atoms with Gasteiger partial charge in [0.2, 0.25) is 11.9 Å². The zero-order valence-corrected chi connectivity index (χ0v) is 19.2. The first-order valence-electron chi connectivity index (χ1n) is 11.0. The molecule has 9 nitrogen and oxygen atoms in total. The van der Waals surface area contributed by atoms with Gasteiger partial charge in [0.25, 0.3) is 0 Å². The van der Waals surface area contributed by atoms with Crippen LogP contribution in [0.3, 0.4) is 0 Å². The molecule has 0 saturated heterocycles.